The molecule has 2 fully saturated rings. The zero-order valence-electron chi connectivity index (χ0n) is 27.0. The summed E-state index contributed by atoms with van der Waals surface area (Å²) in [6, 6.07) is 28.4. The van der Waals surface area contributed by atoms with E-state index in [1.54, 1.807) is 6.33 Å². The summed E-state index contributed by atoms with van der Waals surface area (Å²) in [5.41, 5.74) is 8.76. The molecule has 6 aromatic rings. The van der Waals surface area contributed by atoms with Crippen LogP contribution in [0, 0.1) is 5.92 Å². The lowest BCUT2D eigenvalue weighted by molar-refractivity contribution is 0.0681. The first-order chi connectivity index (χ1) is 23.3. The summed E-state index contributed by atoms with van der Waals surface area (Å²) in [5, 5.41) is 0. The maximum Gasteiger partial charge on any atom is 0.242 e. The van der Waals surface area contributed by atoms with E-state index >= 15 is 0 Å². The van der Waals surface area contributed by atoms with Gasteiger partial charge in [0.05, 0.1) is 24.0 Å². The van der Waals surface area contributed by atoms with Crippen molar-refractivity contribution in [1.82, 2.24) is 24.1 Å². The van der Waals surface area contributed by atoms with Crippen molar-refractivity contribution in [3.05, 3.63) is 109 Å². The average Bonchev–Trinajstić information content (AvgIpc) is 3.75. The van der Waals surface area contributed by atoms with Crippen LogP contribution >= 0.6 is 0 Å². The molecular weight excluding hydrogens is 582 g/mol. The van der Waals surface area contributed by atoms with Gasteiger partial charge in [0, 0.05) is 30.5 Å². The van der Waals surface area contributed by atoms with Gasteiger partial charge in [-0.1, -0.05) is 86.0 Å². The first-order valence-electron chi connectivity index (χ1n) is 17.4. The third-order valence-electron chi connectivity index (χ3n) is 10.3. The molecule has 0 spiro atoms. The van der Waals surface area contributed by atoms with Gasteiger partial charge in [-0.05, 0) is 73.3 Å². The van der Waals surface area contributed by atoms with Crippen molar-refractivity contribution in [2.45, 2.75) is 83.1 Å². The van der Waals surface area contributed by atoms with Gasteiger partial charge in [-0.3, -0.25) is 0 Å². The Morgan fingerprint density at radius 3 is 2.17 bits per heavy atom. The lowest BCUT2D eigenvalue weighted by Crippen LogP contribution is -2.21. The van der Waals surface area contributed by atoms with Crippen molar-refractivity contribution in [2.24, 2.45) is 5.92 Å². The van der Waals surface area contributed by atoms with Crippen molar-refractivity contribution >= 4 is 22.1 Å². The Labute approximate surface area is 276 Å². The topological polar surface area (TPSA) is 67.0 Å². The zero-order chi connectivity index (χ0) is 31.4. The van der Waals surface area contributed by atoms with Crippen molar-refractivity contribution < 1.29 is 9.47 Å². The number of ether oxygens (including phenoxy) is 2. The van der Waals surface area contributed by atoms with Crippen LogP contribution in [0.4, 0.5) is 0 Å². The normalized spacial score (nSPS) is 19.0. The number of rotatable bonds is 10. The number of benzene rings is 3. The molecule has 0 bridgehead atoms. The molecule has 0 radical (unpaired) electrons. The van der Waals surface area contributed by atoms with Crippen LogP contribution in [0.1, 0.15) is 81.0 Å². The second-order valence-corrected chi connectivity index (χ2v) is 13.4. The lowest BCUT2D eigenvalue weighted by atomic mass is 9.86. The molecule has 0 saturated heterocycles. The van der Waals surface area contributed by atoms with Crippen LogP contribution in [0.5, 0.6) is 5.88 Å². The molecule has 3 aromatic carbocycles. The Morgan fingerprint density at radius 1 is 0.681 bits per heavy atom. The third kappa shape index (κ3) is 6.41. The molecule has 3 aromatic heterocycles. The molecule has 0 N–H and O–H groups in total. The standard InChI is InChI=1S/C40H43N5O2/c1-4-10-29(11-5-1)24-46-25-31-16-19-34(20-17-31)44-23-35(38-39(44)40(42-27-41-38)47-26-30-12-6-2-7-13-30)32-18-21-37-36(22-32)43-28-45(37)33-14-8-3-9-15-33/h1-2,4-7,10-13,18,21-23,27-28,31,33-34H,3,8-9,14-17,19-20,24-26H2/t31-,34+. The van der Waals surface area contributed by atoms with Crippen molar-refractivity contribution in [2.75, 3.05) is 6.61 Å². The Morgan fingerprint density at radius 2 is 1.40 bits per heavy atom. The van der Waals surface area contributed by atoms with Crippen molar-refractivity contribution in [3.63, 3.8) is 0 Å². The van der Waals surface area contributed by atoms with Crippen LogP contribution in [0.25, 0.3) is 33.2 Å². The first-order valence-corrected chi connectivity index (χ1v) is 17.4. The summed E-state index contributed by atoms with van der Waals surface area (Å²) in [6.45, 7) is 1.94. The van der Waals surface area contributed by atoms with Gasteiger partial charge in [-0.25, -0.2) is 9.97 Å². The molecule has 7 heteroatoms. The number of hydrogen-bond donors (Lipinski definition) is 0. The minimum absolute atomic E-state index is 0.343. The highest BCUT2D eigenvalue weighted by atomic mass is 16.5. The van der Waals surface area contributed by atoms with E-state index in [4.69, 9.17) is 19.4 Å². The Bertz CT molecular complexity index is 1920. The van der Waals surface area contributed by atoms with E-state index in [2.05, 4.69) is 74.9 Å². The highest BCUT2D eigenvalue weighted by Crippen LogP contribution is 2.41. The summed E-state index contributed by atoms with van der Waals surface area (Å²) < 4.78 is 17.4. The maximum atomic E-state index is 6.44. The predicted octanol–water partition coefficient (Wildman–Crippen LogP) is 9.48. The summed E-state index contributed by atoms with van der Waals surface area (Å²) in [4.78, 5) is 14.4. The van der Waals surface area contributed by atoms with Crippen LogP contribution < -0.4 is 4.74 Å². The van der Waals surface area contributed by atoms with E-state index in [0.717, 1.165) is 65.5 Å². The number of imidazole rings is 1. The maximum absolute atomic E-state index is 6.44. The highest BCUT2D eigenvalue weighted by molar-refractivity contribution is 5.97. The van der Waals surface area contributed by atoms with Gasteiger partial charge < -0.3 is 18.6 Å². The molecule has 8 rings (SSSR count). The van der Waals surface area contributed by atoms with Crippen LogP contribution in [0.2, 0.25) is 0 Å². The zero-order valence-corrected chi connectivity index (χ0v) is 27.0. The molecule has 2 saturated carbocycles. The predicted molar refractivity (Wildman–Crippen MR) is 186 cm³/mol. The quantitative estimate of drug-likeness (QED) is 0.152. The Kier molecular flexibility index (Phi) is 8.71. The van der Waals surface area contributed by atoms with Gasteiger partial charge in [0.15, 0.2) is 0 Å². The molecule has 0 unspecified atom stereocenters. The molecule has 240 valence electrons. The van der Waals surface area contributed by atoms with E-state index in [0.29, 0.717) is 37.1 Å². The third-order valence-corrected chi connectivity index (χ3v) is 10.3. The minimum atomic E-state index is 0.343. The SMILES string of the molecule is c1ccc(COC[C@H]2CC[C@@H](n3cc(-c4ccc5c(c4)ncn5C4CCCCC4)c4ncnc(OCc5ccccc5)c43)CC2)cc1. The van der Waals surface area contributed by atoms with Crippen molar-refractivity contribution in [3.8, 4) is 17.0 Å². The molecule has 0 atom stereocenters. The fourth-order valence-electron chi connectivity index (χ4n) is 7.74. The molecule has 3 heterocycles. The molecule has 2 aliphatic rings. The van der Waals surface area contributed by atoms with Gasteiger partial charge in [0.25, 0.3) is 0 Å². The fourth-order valence-corrected chi connectivity index (χ4v) is 7.74. The summed E-state index contributed by atoms with van der Waals surface area (Å²) >= 11 is 0. The fraction of sp³-hybridized carbons (Fsp3) is 0.375. The van der Waals surface area contributed by atoms with Crippen LogP contribution in [0.15, 0.2) is 97.7 Å². The van der Waals surface area contributed by atoms with Gasteiger partial charge >= 0.3 is 0 Å². The molecule has 0 aliphatic heterocycles. The number of fused-ring (bicyclic) bond motifs is 2. The Hall–Kier alpha value is -4.49. The van der Waals surface area contributed by atoms with Crippen LogP contribution in [0.3, 0.4) is 0 Å². The smallest absolute Gasteiger partial charge is 0.242 e. The summed E-state index contributed by atoms with van der Waals surface area (Å²) in [7, 11) is 0. The van der Waals surface area contributed by atoms with Gasteiger partial charge in [0.1, 0.15) is 24.0 Å². The number of hydrogen-bond acceptors (Lipinski definition) is 5. The van der Waals surface area contributed by atoms with E-state index in [1.807, 2.05) is 30.6 Å². The Balaban J connectivity index is 1.08. The van der Waals surface area contributed by atoms with E-state index in [1.165, 1.54) is 43.2 Å². The second-order valence-electron chi connectivity index (χ2n) is 13.4. The van der Waals surface area contributed by atoms with E-state index in [-0.39, 0.29) is 0 Å². The monoisotopic (exact) mass is 625 g/mol. The second kappa shape index (κ2) is 13.7. The summed E-state index contributed by atoms with van der Waals surface area (Å²) in [5.74, 6) is 1.21. The molecule has 2 aliphatic carbocycles. The van der Waals surface area contributed by atoms with Gasteiger partial charge in [-0.15, -0.1) is 0 Å². The largest absolute Gasteiger partial charge is 0.471 e. The number of aromatic nitrogens is 5. The van der Waals surface area contributed by atoms with Crippen molar-refractivity contribution in [1.29, 1.82) is 0 Å². The average molecular weight is 626 g/mol. The first kappa shape index (κ1) is 29.9. The van der Waals surface area contributed by atoms with Gasteiger partial charge in [-0.2, -0.15) is 4.98 Å². The number of nitrogens with zero attached hydrogens (tertiary/aromatic N) is 5. The van der Waals surface area contributed by atoms with E-state index in [9.17, 15) is 0 Å². The van der Waals surface area contributed by atoms with Crippen LogP contribution in [-0.4, -0.2) is 30.7 Å². The van der Waals surface area contributed by atoms with Crippen LogP contribution in [-0.2, 0) is 18.0 Å². The molecule has 47 heavy (non-hydrogen) atoms. The van der Waals surface area contributed by atoms with E-state index < -0.39 is 0 Å². The molecular formula is C40H43N5O2. The molecule has 0 amide bonds. The molecule has 7 nitrogen and oxygen atoms in total. The van der Waals surface area contributed by atoms with Gasteiger partial charge in [0.2, 0.25) is 5.88 Å². The summed E-state index contributed by atoms with van der Waals surface area (Å²) in [6.07, 6.45) is 16.9. The highest BCUT2D eigenvalue weighted by Gasteiger charge is 2.27. The minimum Gasteiger partial charge on any atom is -0.471 e. The lowest BCUT2D eigenvalue weighted by Gasteiger charge is -2.30.